The number of anilines is 1. The van der Waals surface area contributed by atoms with Crippen molar-refractivity contribution in [3.63, 3.8) is 0 Å². The molecule has 1 fully saturated rings. The third-order valence-electron chi connectivity index (χ3n) is 5.33. The lowest BCUT2D eigenvalue weighted by atomic mass is 9.96. The van der Waals surface area contributed by atoms with Gasteiger partial charge in [0.25, 0.3) is 0 Å². The molecule has 0 N–H and O–H groups in total. The zero-order chi connectivity index (χ0) is 19.1. The van der Waals surface area contributed by atoms with Crippen LogP contribution in [0, 0.1) is 0 Å². The Morgan fingerprint density at radius 2 is 1.82 bits per heavy atom. The maximum Gasteiger partial charge on any atom is 0.186 e. The first-order valence-corrected chi connectivity index (χ1v) is 10.2. The molecule has 28 heavy (non-hydrogen) atoms. The van der Waals surface area contributed by atoms with Crippen molar-refractivity contribution >= 4 is 16.5 Å². The molecule has 0 aliphatic carbocycles. The number of methoxy groups -OCH3 is 2. The third-order valence-corrected chi connectivity index (χ3v) is 6.40. The fourth-order valence-electron chi connectivity index (χ4n) is 3.88. The predicted molar refractivity (Wildman–Crippen MR) is 109 cm³/mol. The largest absolute Gasteiger partial charge is 0.493 e. The number of hydrogen-bond acceptors (Lipinski definition) is 7. The molecule has 2 aliphatic heterocycles. The maximum atomic E-state index is 5.54. The zero-order valence-corrected chi connectivity index (χ0v) is 16.8. The van der Waals surface area contributed by atoms with E-state index < -0.39 is 0 Å². The summed E-state index contributed by atoms with van der Waals surface area (Å²) < 4.78 is 18.7. The van der Waals surface area contributed by atoms with Gasteiger partial charge in [-0.05, 0) is 24.1 Å². The van der Waals surface area contributed by atoms with Crippen molar-refractivity contribution < 1.29 is 14.2 Å². The molecule has 0 spiro atoms. The van der Waals surface area contributed by atoms with Gasteiger partial charge in [0, 0.05) is 31.4 Å². The van der Waals surface area contributed by atoms with Crippen LogP contribution in [0.3, 0.4) is 0 Å². The predicted octanol–water partition coefficient (Wildman–Crippen LogP) is 3.08. The molecule has 1 aromatic carbocycles. The van der Waals surface area contributed by atoms with Crippen molar-refractivity contribution in [1.29, 1.82) is 0 Å². The fraction of sp³-hybridized carbons (Fsp3) is 0.400. The minimum Gasteiger partial charge on any atom is -0.493 e. The van der Waals surface area contributed by atoms with Gasteiger partial charge in [0.15, 0.2) is 16.6 Å². The molecule has 0 unspecified atom stereocenters. The van der Waals surface area contributed by atoms with Crippen LogP contribution >= 0.6 is 11.3 Å². The van der Waals surface area contributed by atoms with Gasteiger partial charge in [-0.2, -0.15) is 0 Å². The van der Waals surface area contributed by atoms with E-state index in [2.05, 4.69) is 26.6 Å². The molecule has 1 saturated heterocycles. The number of ether oxygens (including phenoxy) is 3. The summed E-state index contributed by atoms with van der Waals surface area (Å²) >= 11 is 1.69. The van der Waals surface area contributed by atoms with E-state index in [1.165, 1.54) is 5.56 Å². The number of nitrogens with zero attached hydrogens (tertiary/aromatic N) is 4. The topological polar surface area (TPSA) is 61.6 Å². The lowest BCUT2D eigenvalue weighted by Crippen LogP contribution is -2.36. The Kier molecular flexibility index (Phi) is 4.44. The summed E-state index contributed by atoms with van der Waals surface area (Å²) in [6, 6.07) is 4.15. The minimum atomic E-state index is 0.736. The van der Waals surface area contributed by atoms with Gasteiger partial charge in [0.05, 0.1) is 44.3 Å². The molecule has 2 aliphatic rings. The van der Waals surface area contributed by atoms with Gasteiger partial charge in [0.1, 0.15) is 5.69 Å². The van der Waals surface area contributed by atoms with Gasteiger partial charge in [-0.15, -0.1) is 0 Å². The Labute approximate surface area is 167 Å². The molecular weight excluding hydrogens is 376 g/mol. The summed E-state index contributed by atoms with van der Waals surface area (Å²) in [5.41, 5.74) is 4.51. The molecule has 0 atom stereocenters. The first-order chi connectivity index (χ1) is 13.8. The number of benzene rings is 1. The SMILES string of the molecule is COc1cc2c(cc1OC)-c1c(-c3cnc(N4CCOCC4)s3)ncn1CC2. The van der Waals surface area contributed by atoms with Crippen LogP contribution in [0.15, 0.2) is 24.7 Å². The Morgan fingerprint density at radius 1 is 1.04 bits per heavy atom. The standard InChI is InChI=1S/C20H22N4O3S/c1-25-15-9-13-3-4-24-12-22-18(19(24)14(13)10-16(15)26-2)17-11-21-20(28-17)23-5-7-27-8-6-23/h9-12H,3-8H2,1-2H3. The first-order valence-electron chi connectivity index (χ1n) is 9.37. The van der Waals surface area contributed by atoms with Crippen molar-refractivity contribution in [2.45, 2.75) is 13.0 Å². The van der Waals surface area contributed by atoms with Crippen LogP contribution in [0.1, 0.15) is 5.56 Å². The van der Waals surface area contributed by atoms with Crippen LogP contribution < -0.4 is 14.4 Å². The molecule has 0 saturated carbocycles. The molecule has 0 bridgehead atoms. The first kappa shape index (κ1) is 17.5. The van der Waals surface area contributed by atoms with Gasteiger partial charge in [-0.1, -0.05) is 11.3 Å². The molecule has 3 aromatic rings. The Morgan fingerprint density at radius 3 is 2.61 bits per heavy atom. The number of aromatic nitrogens is 3. The van der Waals surface area contributed by atoms with E-state index in [1.807, 2.05) is 12.5 Å². The Balaban J connectivity index is 1.57. The highest BCUT2D eigenvalue weighted by molar-refractivity contribution is 7.18. The molecular formula is C20H22N4O3S. The second-order valence-electron chi connectivity index (χ2n) is 6.86. The number of aryl methyl sites for hydroxylation is 2. The number of thiazole rings is 1. The Hall–Kier alpha value is -2.58. The summed E-state index contributed by atoms with van der Waals surface area (Å²) in [5, 5.41) is 1.03. The van der Waals surface area contributed by atoms with E-state index >= 15 is 0 Å². The lowest BCUT2D eigenvalue weighted by Gasteiger charge is -2.26. The normalized spacial score (nSPS) is 15.9. The van der Waals surface area contributed by atoms with Crippen molar-refractivity contribution in [3.05, 3.63) is 30.2 Å². The highest BCUT2D eigenvalue weighted by Crippen LogP contribution is 2.43. The molecule has 0 radical (unpaired) electrons. The zero-order valence-electron chi connectivity index (χ0n) is 16.0. The van der Waals surface area contributed by atoms with Crippen LogP contribution in [0.4, 0.5) is 5.13 Å². The highest BCUT2D eigenvalue weighted by atomic mass is 32.1. The molecule has 5 rings (SSSR count). The summed E-state index contributed by atoms with van der Waals surface area (Å²) in [4.78, 5) is 12.8. The van der Waals surface area contributed by atoms with Gasteiger partial charge in [0.2, 0.25) is 0 Å². The van der Waals surface area contributed by atoms with E-state index in [1.54, 1.807) is 25.6 Å². The second kappa shape index (κ2) is 7.10. The van der Waals surface area contributed by atoms with E-state index in [0.717, 1.165) is 77.7 Å². The molecule has 7 nitrogen and oxygen atoms in total. The number of hydrogen-bond donors (Lipinski definition) is 0. The smallest absolute Gasteiger partial charge is 0.186 e. The van der Waals surface area contributed by atoms with Crippen molar-refractivity contribution in [1.82, 2.24) is 14.5 Å². The summed E-state index contributed by atoms with van der Waals surface area (Å²) in [6.45, 7) is 4.18. The second-order valence-corrected chi connectivity index (χ2v) is 7.87. The monoisotopic (exact) mass is 398 g/mol. The van der Waals surface area contributed by atoms with Crippen LogP contribution in [0.25, 0.3) is 21.8 Å². The highest BCUT2D eigenvalue weighted by Gasteiger charge is 2.25. The van der Waals surface area contributed by atoms with Gasteiger partial charge in [-0.3, -0.25) is 0 Å². The van der Waals surface area contributed by atoms with E-state index in [0.29, 0.717) is 0 Å². The van der Waals surface area contributed by atoms with Gasteiger partial charge in [-0.25, -0.2) is 9.97 Å². The molecule has 0 amide bonds. The van der Waals surface area contributed by atoms with E-state index in [9.17, 15) is 0 Å². The van der Waals surface area contributed by atoms with Crippen LogP contribution in [0.5, 0.6) is 11.5 Å². The van der Waals surface area contributed by atoms with E-state index in [-0.39, 0.29) is 0 Å². The average Bonchev–Trinajstić information content (AvgIpc) is 3.40. The number of fused-ring (bicyclic) bond motifs is 3. The summed E-state index contributed by atoms with van der Waals surface area (Å²) in [5.74, 6) is 1.50. The molecule has 8 heteroatoms. The van der Waals surface area contributed by atoms with Gasteiger partial charge >= 0.3 is 0 Å². The van der Waals surface area contributed by atoms with Crippen LogP contribution in [-0.2, 0) is 17.7 Å². The molecule has 4 heterocycles. The quantitative estimate of drug-likeness (QED) is 0.673. The molecule has 146 valence electrons. The third kappa shape index (κ3) is 2.84. The lowest BCUT2D eigenvalue weighted by molar-refractivity contribution is 0.122. The number of imidazole rings is 1. The summed E-state index contributed by atoms with van der Waals surface area (Å²) in [7, 11) is 3.34. The van der Waals surface area contributed by atoms with Crippen molar-refractivity contribution in [2.75, 3.05) is 45.4 Å². The minimum absolute atomic E-state index is 0.736. The Bertz CT molecular complexity index is 1010. The fourth-order valence-corrected chi connectivity index (χ4v) is 4.84. The van der Waals surface area contributed by atoms with Crippen LogP contribution in [-0.4, -0.2) is 55.1 Å². The van der Waals surface area contributed by atoms with Crippen molar-refractivity contribution in [2.24, 2.45) is 0 Å². The molecule has 2 aromatic heterocycles. The van der Waals surface area contributed by atoms with Gasteiger partial charge < -0.3 is 23.7 Å². The number of rotatable bonds is 4. The average molecular weight is 398 g/mol. The maximum absolute atomic E-state index is 5.54. The number of morpholine rings is 1. The van der Waals surface area contributed by atoms with E-state index in [4.69, 9.17) is 19.2 Å². The van der Waals surface area contributed by atoms with Crippen LogP contribution in [0.2, 0.25) is 0 Å². The summed E-state index contributed by atoms with van der Waals surface area (Å²) in [6.07, 6.45) is 4.81. The van der Waals surface area contributed by atoms with Crippen molar-refractivity contribution in [3.8, 4) is 33.3 Å².